The predicted molar refractivity (Wildman–Crippen MR) is 69.3 cm³/mol. The molecule has 0 bridgehead atoms. The van der Waals surface area contributed by atoms with Crippen molar-refractivity contribution in [2.24, 2.45) is 0 Å². The minimum absolute atomic E-state index is 0.260. The Hall–Kier alpha value is -2.10. The van der Waals surface area contributed by atoms with Gasteiger partial charge in [-0.1, -0.05) is 12.1 Å². The van der Waals surface area contributed by atoms with Crippen LogP contribution in [-0.4, -0.2) is 12.0 Å². The molecule has 0 atom stereocenters. The third kappa shape index (κ3) is 2.97. The van der Waals surface area contributed by atoms with Gasteiger partial charge in [0.25, 0.3) is 0 Å². The van der Waals surface area contributed by atoms with Crippen LogP contribution in [-0.2, 0) is 6.61 Å². The van der Waals surface area contributed by atoms with Crippen molar-refractivity contribution in [3.63, 3.8) is 0 Å². The van der Waals surface area contributed by atoms with Gasteiger partial charge in [0.15, 0.2) is 0 Å². The van der Waals surface area contributed by atoms with E-state index in [0.29, 0.717) is 17.9 Å². The predicted octanol–water partition coefficient (Wildman–Crippen LogP) is 3.15. The first kappa shape index (κ1) is 12.4. The molecule has 0 saturated heterocycles. The largest absolute Gasteiger partial charge is 0.487 e. The summed E-state index contributed by atoms with van der Waals surface area (Å²) in [5.41, 5.74) is 1.40. The van der Waals surface area contributed by atoms with Gasteiger partial charge in [0.05, 0.1) is 5.69 Å². The van der Waals surface area contributed by atoms with E-state index in [-0.39, 0.29) is 5.82 Å². The number of halogens is 1. The van der Waals surface area contributed by atoms with E-state index in [0.717, 1.165) is 11.5 Å². The molecule has 0 aliphatic carbocycles. The van der Waals surface area contributed by atoms with Crippen molar-refractivity contribution in [2.75, 3.05) is 12.4 Å². The number of hydrogen-bond acceptors (Lipinski definition) is 3. The van der Waals surface area contributed by atoms with E-state index < -0.39 is 0 Å². The van der Waals surface area contributed by atoms with Crippen LogP contribution in [0.4, 0.5) is 10.2 Å². The van der Waals surface area contributed by atoms with Crippen LogP contribution >= 0.6 is 0 Å². The van der Waals surface area contributed by atoms with Gasteiger partial charge in [0.1, 0.15) is 24.0 Å². The zero-order chi connectivity index (χ0) is 13.0. The highest BCUT2D eigenvalue weighted by Gasteiger charge is 2.02. The van der Waals surface area contributed by atoms with E-state index >= 15 is 0 Å². The van der Waals surface area contributed by atoms with Crippen LogP contribution in [0.3, 0.4) is 0 Å². The number of nitrogens with zero attached hydrogens (tertiary/aromatic N) is 1. The van der Waals surface area contributed by atoms with Crippen molar-refractivity contribution in [1.29, 1.82) is 0 Å². The van der Waals surface area contributed by atoms with Gasteiger partial charge in [-0.3, -0.25) is 0 Å². The number of anilines is 1. The number of hydrogen-bond donors (Lipinski definition) is 1. The molecule has 0 unspecified atom stereocenters. The van der Waals surface area contributed by atoms with Crippen molar-refractivity contribution in [3.05, 3.63) is 53.5 Å². The fourth-order valence-corrected chi connectivity index (χ4v) is 1.52. The molecule has 1 heterocycles. The summed E-state index contributed by atoms with van der Waals surface area (Å²) in [6.45, 7) is 2.04. The Morgan fingerprint density at radius 2 is 2.11 bits per heavy atom. The van der Waals surface area contributed by atoms with Gasteiger partial charge in [0, 0.05) is 13.1 Å². The third-order valence-electron chi connectivity index (χ3n) is 2.59. The van der Waals surface area contributed by atoms with Gasteiger partial charge in [-0.25, -0.2) is 9.37 Å². The molecule has 0 amide bonds. The Kier molecular flexibility index (Phi) is 3.77. The van der Waals surface area contributed by atoms with E-state index in [1.165, 1.54) is 6.07 Å². The summed E-state index contributed by atoms with van der Waals surface area (Å²) in [5, 5.41) is 2.96. The molecule has 2 rings (SSSR count). The van der Waals surface area contributed by atoms with Crippen molar-refractivity contribution in [1.82, 2.24) is 4.98 Å². The van der Waals surface area contributed by atoms with E-state index in [9.17, 15) is 4.39 Å². The summed E-state index contributed by atoms with van der Waals surface area (Å²) in [6.07, 6.45) is 0. The highest BCUT2D eigenvalue weighted by atomic mass is 19.1. The molecule has 1 aromatic heterocycles. The average molecular weight is 246 g/mol. The average Bonchev–Trinajstić information content (AvgIpc) is 2.40. The molecule has 1 aromatic carbocycles. The molecule has 0 saturated carbocycles. The normalized spacial score (nSPS) is 10.2. The molecule has 4 heteroatoms. The Balaban J connectivity index is 2.04. The number of ether oxygens (including phenoxy) is 1. The highest BCUT2D eigenvalue weighted by Crippen LogP contribution is 2.17. The molecule has 0 spiro atoms. The molecule has 94 valence electrons. The van der Waals surface area contributed by atoms with Gasteiger partial charge >= 0.3 is 0 Å². The standard InChI is InChI=1S/C14H15FN2O/c1-10-6-7-12(8-13(10)15)18-9-11-4-3-5-14(16-2)17-11/h3-8H,9H2,1-2H3,(H,16,17). The minimum Gasteiger partial charge on any atom is -0.487 e. The Morgan fingerprint density at radius 1 is 1.28 bits per heavy atom. The first-order valence-electron chi connectivity index (χ1n) is 5.71. The molecule has 1 N–H and O–H groups in total. The van der Waals surface area contributed by atoms with Crippen molar-refractivity contribution in [3.8, 4) is 5.75 Å². The van der Waals surface area contributed by atoms with Gasteiger partial charge in [0.2, 0.25) is 0 Å². The molecular weight excluding hydrogens is 231 g/mol. The Labute approximate surface area is 106 Å². The summed E-state index contributed by atoms with van der Waals surface area (Å²) in [7, 11) is 1.81. The maximum Gasteiger partial charge on any atom is 0.130 e. The topological polar surface area (TPSA) is 34.1 Å². The fourth-order valence-electron chi connectivity index (χ4n) is 1.52. The lowest BCUT2D eigenvalue weighted by molar-refractivity contribution is 0.300. The maximum absolute atomic E-state index is 13.3. The SMILES string of the molecule is CNc1cccc(COc2ccc(C)c(F)c2)n1. The second-order valence-corrected chi connectivity index (χ2v) is 3.96. The number of benzene rings is 1. The fraction of sp³-hybridized carbons (Fsp3) is 0.214. The van der Waals surface area contributed by atoms with Crippen LogP contribution < -0.4 is 10.1 Å². The number of aryl methyl sites for hydroxylation is 1. The van der Waals surface area contributed by atoms with E-state index in [2.05, 4.69) is 10.3 Å². The van der Waals surface area contributed by atoms with Gasteiger partial charge in [-0.15, -0.1) is 0 Å². The van der Waals surface area contributed by atoms with E-state index in [4.69, 9.17) is 4.74 Å². The van der Waals surface area contributed by atoms with Gasteiger partial charge in [-0.05, 0) is 30.7 Å². The zero-order valence-corrected chi connectivity index (χ0v) is 10.4. The summed E-state index contributed by atoms with van der Waals surface area (Å²) in [5.74, 6) is 1.03. The molecule has 18 heavy (non-hydrogen) atoms. The number of nitrogens with one attached hydrogen (secondary N) is 1. The van der Waals surface area contributed by atoms with Crippen molar-refractivity contribution < 1.29 is 9.13 Å². The number of rotatable bonds is 4. The smallest absolute Gasteiger partial charge is 0.130 e. The molecule has 0 fully saturated rings. The lowest BCUT2D eigenvalue weighted by atomic mass is 10.2. The second-order valence-electron chi connectivity index (χ2n) is 3.96. The Morgan fingerprint density at radius 3 is 2.83 bits per heavy atom. The zero-order valence-electron chi connectivity index (χ0n) is 10.4. The summed E-state index contributed by atoms with van der Waals surface area (Å²) in [4.78, 5) is 4.32. The van der Waals surface area contributed by atoms with Crippen LogP contribution in [0, 0.1) is 12.7 Å². The van der Waals surface area contributed by atoms with Crippen LogP contribution in [0.1, 0.15) is 11.3 Å². The lowest BCUT2D eigenvalue weighted by Crippen LogP contribution is -2.01. The van der Waals surface area contributed by atoms with Crippen LogP contribution in [0.5, 0.6) is 5.75 Å². The molecule has 2 aromatic rings. The van der Waals surface area contributed by atoms with Gasteiger partial charge < -0.3 is 10.1 Å². The molecule has 0 radical (unpaired) electrons. The maximum atomic E-state index is 13.3. The van der Waals surface area contributed by atoms with Crippen LogP contribution in [0.25, 0.3) is 0 Å². The van der Waals surface area contributed by atoms with Crippen molar-refractivity contribution >= 4 is 5.82 Å². The van der Waals surface area contributed by atoms with E-state index in [1.807, 2.05) is 25.2 Å². The molecular formula is C14H15FN2O. The summed E-state index contributed by atoms with van der Waals surface area (Å²) < 4.78 is 18.8. The minimum atomic E-state index is -0.260. The lowest BCUT2D eigenvalue weighted by Gasteiger charge is -2.07. The van der Waals surface area contributed by atoms with Crippen molar-refractivity contribution in [2.45, 2.75) is 13.5 Å². The third-order valence-corrected chi connectivity index (χ3v) is 2.59. The highest BCUT2D eigenvalue weighted by molar-refractivity contribution is 5.34. The van der Waals surface area contributed by atoms with E-state index in [1.54, 1.807) is 19.1 Å². The summed E-state index contributed by atoms with van der Waals surface area (Å²) >= 11 is 0. The first-order chi connectivity index (χ1) is 8.69. The summed E-state index contributed by atoms with van der Waals surface area (Å²) in [6, 6.07) is 10.5. The van der Waals surface area contributed by atoms with Gasteiger partial charge in [-0.2, -0.15) is 0 Å². The molecule has 3 nitrogen and oxygen atoms in total. The quantitative estimate of drug-likeness (QED) is 0.899. The number of pyridine rings is 1. The second kappa shape index (κ2) is 5.49. The Bertz CT molecular complexity index is 543. The number of aromatic nitrogens is 1. The monoisotopic (exact) mass is 246 g/mol. The first-order valence-corrected chi connectivity index (χ1v) is 5.71. The van der Waals surface area contributed by atoms with Crippen LogP contribution in [0.15, 0.2) is 36.4 Å². The van der Waals surface area contributed by atoms with Crippen LogP contribution in [0.2, 0.25) is 0 Å². The molecule has 0 aliphatic rings. The molecule has 0 aliphatic heterocycles.